The van der Waals surface area contributed by atoms with Crippen molar-refractivity contribution in [3.05, 3.63) is 71.2 Å². The molecule has 0 fully saturated rings. The Balaban J connectivity index is 1.90. The Labute approximate surface area is 138 Å². The fraction of sp³-hybridized carbons (Fsp3) is 0.158. The maximum atomic E-state index is 13.6. The van der Waals surface area contributed by atoms with Gasteiger partial charge in [-0.1, -0.05) is 29.8 Å². The second kappa shape index (κ2) is 6.28. The van der Waals surface area contributed by atoms with Crippen molar-refractivity contribution in [2.24, 2.45) is 0 Å². The van der Waals surface area contributed by atoms with Crippen molar-refractivity contribution in [2.45, 2.75) is 20.4 Å². The number of carbonyl (C=O) groups is 2. The quantitative estimate of drug-likeness (QED) is 0.799. The number of nitrogens with zero attached hydrogens (tertiary/aromatic N) is 1. The van der Waals surface area contributed by atoms with Crippen LogP contribution in [0.5, 0.6) is 0 Å². The summed E-state index contributed by atoms with van der Waals surface area (Å²) in [5.41, 5.74) is 2.91. The Hall–Kier alpha value is -2.95. The zero-order valence-corrected chi connectivity index (χ0v) is 13.5. The summed E-state index contributed by atoms with van der Waals surface area (Å²) in [6.45, 7) is 3.76. The predicted molar refractivity (Wildman–Crippen MR) is 90.5 cm³/mol. The molecule has 0 aliphatic heterocycles. The molecule has 122 valence electrons. The van der Waals surface area contributed by atoms with Crippen LogP contribution < -0.4 is 5.32 Å². The Morgan fingerprint density at radius 3 is 2.50 bits per heavy atom. The Morgan fingerprint density at radius 1 is 1.12 bits per heavy atom. The average Bonchev–Trinajstić information content (AvgIpc) is 2.93. The monoisotopic (exact) mass is 324 g/mol. The van der Waals surface area contributed by atoms with Crippen LogP contribution >= 0.6 is 0 Å². The third kappa shape index (κ3) is 3.06. The van der Waals surface area contributed by atoms with Crippen LogP contribution in [0.25, 0.3) is 10.9 Å². The molecule has 4 nitrogen and oxygen atoms in total. The number of halogens is 1. The van der Waals surface area contributed by atoms with Gasteiger partial charge in [0.2, 0.25) is 5.91 Å². The number of aromatic nitrogens is 1. The highest BCUT2D eigenvalue weighted by Gasteiger charge is 2.17. The van der Waals surface area contributed by atoms with Crippen LogP contribution in [-0.4, -0.2) is 16.4 Å². The summed E-state index contributed by atoms with van der Waals surface area (Å²) in [7, 11) is 0. The minimum Gasteiger partial charge on any atom is -0.348 e. The molecule has 0 atom stereocenters. The predicted octanol–water partition coefficient (Wildman–Crippen LogP) is 3.68. The number of aryl methyl sites for hydroxylation is 1. The first kappa shape index (κ1) is 15.9. The molecule has 0 unspecified atom stereocenters. The Morgan fingerprint density at radius 2 is 1.83 bits per heavy atom. The van der Waals surface area contributed by atoms with Crippen molar-refractivity contribution in [2.75, 3.05) is 0 Å². The van der Waals surface area contributed by atoms with Gasteiger partial charge in [-0.2, -0.15) is 0 Å². The van der Waals surface area contributed by atoms with Gasteiger partial charge in [0.25, 0.3) is 5.91 Å². The molecule has 3 aromatic rings. The molecule has 1 amide bonds. The molecular weight excluding hydrogens is 307 g/mol. The van der Waals surface area contributed by atoms with Gasteiger partial charge in [-0.3, -0.25) is 14.2 Å². The molecule has 0 aliphatic carbocycles. The number of rotatable bonds is 3. The smallest absolute Gasteiger partial charge is 0.253 e. The summed E-state index contributed by atoms with van der Waals surface area (Å²) in [5.74, 6) is -1.02. The zero-order valence-electron chi connectivity index (χ0n) is 13.5. The molecule has 0 bridgehead atoms. The second-order valence-corrected chi connectivity index (χ2v) is 5.76. The van der Waals surface area contributed by atoms with Crippen LogP contribution in [0.1, 0.15) is 33.2 Å². The van der Waals surface area contributed by atoms with Crippen molar-refractivity contribution in [1.82, 2.24) is 9.88 Å². The number of fused-ring (bicyclic) bond motifs is 1. The Bertz CT molecular complexity index is 926. The zero-order chi connectivity index (χ0) is 17.3. The fourth-order valence-electron chi connectivity index (χ4n) is 2.63. The molecule has 3 rings (SSSR count). The standard InChI is InChI=1S/C19H17FN2O2/c1-12-3-5-14(6-4-12)10-21-19(24)17-11-22(13(2)23)18-8-7-15(20)9-16(17)18/h3-9,11H,10H2,1-2H3,(H,21,24). The van der Waals surface area contributed by atoms with Gasteiger partial charge in [0.1, 0.15) is 5.82 Å². The summed E-state index contributed by atoms with van der Waals surface area (Å²) in [5, 5.41) is 3.24. The highest BCUT2D eigenvalue weighted by molar-refractivity contribution is 6.09. The summed E-state index contributed by atoms with van der Waals surface area (Å²) in [6.07, 6.45) is 1.46. The van der Waals surface area contributed by atoms with E-state index in [-0.39, 0.29) is 17.4 Å². The topological polar surface area (TPSA) is 51.1 Å². The lowest BCUT2D eigenvalue weighted by atomic mass is 10.1. The molecule has 0 saturated heterocycles. The summed E-state index contributed by atoms with van der Waals surface area (Å²) in [4.78, 5) is 24.2. The van der Waals surface area contributed by atoms with E-state index in [0.717, 1.165) is 11.1 Å². The van der Waals surface area contributed by atoms with Crippen LogP contribution in [0.2, 0.25) is 0 Å². The lowest BCUT2D eigenvalue weighted by Gasteiger charge is -2.05. The average molecular weight is 324 g/mol. The number of nitrogens with one attached hydrogen (secondary N) is 1. The summed E-state index contributed by atoms with van der Waals surface area (Å²) < 4.78 is 14.9. The lowest BCUT2D eigenvalue weighted by Crippen LogP contribution is -2.22. The minimum atomic E-state index is -0.448. The number of hydrogen-bond acceptors (Lipinski definition) is 2. The molecule has 1 N–H and O–H groups in total. The van der Waals surface area contributed by atoms with E-state index >= 15 is 0 Å². The largest absolute Gasteiger partial charge is 0.348 e. The first-order valence-corrected chi connectivity index (χ1v) is 7.61. The second-order valence-electron chi connectivity index (χ2n) is 5.76. The summed E-state index contributed by atoms with van der Waals surface area (Å²) in [6, 6.07) is 11.9. The third-order valence-electron chi connectivity index (χ3n) is 3.92. The highest BCUT2D eigenvalue weighted by atomic mass is 19.1. The van der Waals surface area contributed by atoms with Crippen molar-refractivity contribution < 1.29 is 14.0 Å². The normalized spacial score (nSPS) is 10.8. The Kier molecular flexibility index (Phi) is 4.16. The SMILES string of the molecule is CC(=O)n1cc(C(=O)NCc2ccc(C)cc2)c2cc(F)ccc21. The van der Waals surface area contributed by atoms with Crippen LogP contribution in [0.3, 0.4) is 0 Å². The summed E-state index contributed by atoms with van der Waals surface area (Å²) >= 11 is 0. The van der Waals surface area contributed by atoms with Gasteiger partial charge in [0.05, 0.1) is 11.1 Å². The first-order chi connectivity index (χ1) is 11.5. The van der Waals surface area contributed by atoms with E-state index in [9.17, 15) is 14.0 Å². The molecule has 0 aliphatic rings. The van der Waals surface area contributed by atoms with E-state index in [0.29, 0.717) is 17.4 Å². The third-order valence-corrected chi connectivity index (χ3v) is 3.92. The molecular formula is C19H17FN2O2. The molecule has 1 aromatic heterocycles. The van der Waals surface area contributed by atoms with E-state index in [1.165, 1.54) is 35.9 Å². The van der Waals surface area contributed by atoms with Crippen molar-refractivity contribution in [1.29, 1.82) is 0 Å². The van der Waals surface area contributed by atoms with E-state index < -0.39 is 5.82 Å². The van der Waals surface area contributed by atoms with Crippen LogP contribution in [0, 0.1) is 12.7 Å². The van der Waals surface area contributed by atoms with Crippen molar-refractivity contribution in [3.63, 3.8) is 0 Å². The number of amides is 1. The lowest BCUT2D eigenvalue weighted by molar-refractivity contribution is 0.0941. The van der Waals surface area contributed by atoms with Gasteiger partial charge in [-0.25, -0.2) is 4.39 Å². The molecule has 0 spiro atoms. The molecule has 2 aromatic carbocycles. The van der Waals surface area contributed by atoms with E-state index in [1.54, 1.807) is 0 Å². The minimum absolute atomic E-state index is 0.232. The number of benzene rings is 2. The van der Waals surface area contributed by atoms with Crippen molar-refractivity contribution >= 4 is 22.7 Å². The van der Waals surface area contributed by atoms with E-state index in [4.69, 9.17) is 0 Å². The number of hydrogen-bond donors (Lipinski definition) is 1. The van der Waals surface area contributed by atoms with Crippen LogP contribution in [-0.2, 0) is 6.54 Å². The highest BCUT2D eigenvalue weighted by Crippen LogP contribution is 2.22. The molecule has 0 radical (unpaired) electrons. The van der Waals surface area contributed by atoms with Crippen molar-refractivity contribution in [3.8, 4) is 0 Å². The van der Waals surface area contributed by atoms with E-state index in [1.807, 2.05) is 31.2 Å². The molecule has 1 heterocycles. The van der Waals surface area contributed by atoms with Gasteiger partial charge in [-0.05, 0) is 30.7 Å². The van der Waals surface area contributed by atoms with Gasteiger partial charge >= 0.3 is 0 Å². The maximum absolute atomic E-state index is 13.6. The fourth-order valence-corrected chi connectivity index (χ4v) is 2.63. The maximum Gasteiger partial charge on any atom is 0.253 e. The van der Waals surface area contributed by atoms with Crippen LogP contribution in [0.4, 0.5) is 4.39 Å². The van der Waals surface area contributed by atoms with Gasteiger partial charge in [0, 0.05) is 25.1 Å². The first-order valence-electron chi connectivity index (χ1n) is 7.61. The van der Waals surface area contributed by atoms with Gasteiger partial charge in [0.15, 0.2) is 0 Å². The van der Waals surface area contributed by atoms with E-state index in [2.05, 4.69) is 5.32 Å². The molecule has 5 heteroatoms. The van der Waals surface area contributed by atoms with Crippen LogP contribution in [0.15, 0.2) is 48.7 Å². The van der Waals surface area contributed by atoms with Gasteiger partial charge < -0.3 is 5.32 Å². The molecule has 24 heavy (non-hydrogen) atoms. The number of carbonyl (C=O) groups excluding carboxylic acids is 2. The van der Waals surface area contributed by atoms with Gasteiger partial charge in [-0.15, -0.1) is 0 Å². The molecule has 0 saturated carbocycles.